The molecule has 2 heterocycles. The van der Waals surface area contributed by atoms with Crippen LogP contribution in [-0.4, -0.2) is 76.5 Å². The van der Waals surface area contributed by atoms with Crippen molar-refractivity contribution in [3.8, 4) is 5.75 Å². The maximum Gasteiger partial charge on any atom is 0.244 e. The normalized spacial score (nSPS) is 15.0. The Kier molecular flexibility index (Phi) is 7.28. The topological polar surface area (TPSA) is 89.0 Å². The highest BCUT2D eigenvalue weighted by molar-refractivity contribution is 7.92. The van der Waals surface area contributed by atoms with Crippen LogP contribution in [0.25, 0.3) is 10.2 Å². The highest BCUT2D eigenvalue weighted by Gasteiger charge is 2.27. The van der Waals surface area contributed by atoms with E-state index in [9.17, 15) is 13.2 Å². The second-order valence-electron chi connectivity index (χ2n) is 7.90. The Morgan fingerprint density at radius 2 is 1.91 bits per heavy atom. The first-order valence-electron chi connectivity index (χ1n) is 10.7. The van der Waals surface area contributed by atoms with Gasteiger partial charge in [0.05, 0.1) is 35.4 Å². The van der Waals surface area contributed by atoms with Gasteiger partial charge in [0.25, 0.3) is 0 Å². The van der Waals surface area contributed by atoms with Crippen molar-refractivity contribution >= 4 is 42.4 Å². The number of morpholine rings is 1. The molecule has 0 atom stereocenters. The molecule has 33 heavy (non-hydrogen) atoms. The number of methoxy groups -OCH3 is 1. The monoisotopic (exact) mass is 489 g/mol. The van der Waals surface area contributed by atoms with Gasteiger partial charge in [-0.05, 0) is 31.2 Å². The highest BCUT2D eigenvalue weighted by atomic mass is 32.2. The Morgan fingerprint density at radius 3 is 2.61 bits per heavy atom. The molecule has 0 bridgehead atoms. The van der Waals surface area contributed by atoms with Crippen molar-refractivity contribution in [3.63, 3.8) is 0 Å². The van der Waals surface area contributed by atoms with Gasteiger partial charge in [-0.25, -0.2) is 13.4 Å². The average molecular weight is 490 g/mol. The summed E-state index contributed by atoms with van der Waals surface area (Å²) in [4.78, 5) is 21.8. The quantitative estimate of drug-likeness (QED) is 0.481. The minimum absolute atomic E-state index is 0.142. The van der Waals surface area contributed by atoms with Gasteiger partial charge in [0.1, 0.15) is 11.5 Å². The molecule has 2 aromatic carbocycles. The molecule has 3 aromatic rings. The molecule has 1 saturated heterocycles. The zero-order valence-corrected chi connectivity index (χ0v) is 20.3. The van der Waals surface area contributed by atoms with E-state index in [1.807, 2.05) is 25.1 Å². The number of sulfone groups is 1. The van der Waals surface area contributed by atoms with Crippen molar-refractivity contribution in [2.24, 2.45) is 0 Å². The van der Waals surface area contributed by atoms with Crippen molar-refractivity contribution in [2.75, 3.05) is 57.2 Å². The number of carbonyl (C=O) groups is 1. The lowest BCUT2D eigenvalue weighted by atomic mass is 10.2. The maximum absolute atomic E-state index is 13.3. The number of hydrogen-bond acceptors (Lipinski definition) is 8. The number of hydrogen-bond donors (Lipinski definition) is 0. The lowest BCUT2D eigenvalue weighted by Gasteiger charge is -2.29. The van der Waals surface area contributed by atoms with Gasteiger partial charge in [0.15, 0.2) is 15.0 Å². The van der Waals surface area contributed by atoms with E-state index in [2.05, 4.69) is 9.88 Å². The molecule has 1 fully saturated rings. The van der Waals surface area contributed by atoms with Gasteiger partial charge in [0, 0.05) is 32.2 Å². The first kappa shape index (κ1) is 23.6. The molecular weight excluding hydrogens is 462 g/mol. The molecule has 0 saturated carbocycles. The Balaban J connectivity index is 1.60. The zero-order chi connectivity index (χ0) is 23.4. The summed E-state index contributed by atoms with van der Waals surface area (Å²) in [5.74, 6) is -0.430. The third kappa shape index (κ3) is 5.70. The van der Waals surface area contributed by atoms with Crippen LogP contribution in [0.1, 0.15) is 5.56 Å². The number of fused-ring (bicyclic) bond motifs is 1. The molecule has 10 heteroatoms. The number of aromatic nitrogens is 1. The number of thiazole rings is 1. The van der Waals surface area contributed by atoms with E-state index in [4.69, 9.17) is 9.47 Å². The number of ether oxygens (including phenoxy) is 2. The van der Waals surface area contributed by atoms with E-state index in [0.29, 0.717) is 42.7 Å². The van der Waals surface area contributed by atoms with Gasteiger partial charge in [-0.15, -0.1) is 0 Å². The third-order valence-corrected chi connectivity index (χ3v) is 8.23. The number of nitrogens with zero attached hydrogens (tertiary/aromatic N) is 3. The van der Waals surface area contributed by atoms with Gasteiger partial charge >= 0.3 is 0 Å². The summed E-state index contributed by atoms with van der Waals surface area (Å²) in [5, 5.41) is 0.482. The fourth-order valence-corrected chi connectivity index (χ4v) is 5.79. The van der Waals surface area contributed by atoms with Crippen molar-refractivity contribution in [2.45, 2.75) is 11.8 Å². The summed E-state index contributed by atoms with van der Waals surface area (Å²) in [7, 11) is -2.20. The van der Waals surface area contributed by atoms with Crippen molar-refractivity contribution in [1.29, 1.82) is 0 Å². The standard InChI is InChI=1S/C23H27N3O5S2/c1-17-3-6-19(7-4-17)33(28,29)16-22(27)26(10-9-25-11-13-31-14-12-25)23-24-20-15-18(30-2)5-8-21(20)32-23/h3-8,15H,9-14,16H2,1-2H3. The van der Waals surface area contributed by atoms with Gasteiger partial charge < -0.3 is 9.47 Å². The number of carbonyl (C=O) groups excluding carboxylic acids is 1. The molecule has 1 amide bonds. The summed E-state index contributed by atoms with van der Waals surface area (Å²) >= 11 is 1.36. The lowest BCUT2D eigenvalue weighted by Crippen LogP contribution is -2.44. The molecule has 0 unspecified atom stereocenters. The second kappa shape index (κ2) is 10.2. The Hall–Kier alpha value is -2.53. The fourth-order valence-electron chi connectivity index (χ4n) is 3.60. The lowest BCUT2D eigenvalue weighted by molar-refractivity contribution is -0.116. The van der Waals surface area contributed by atoms with Crippen LogP contribution in [0.5, 0.6) is 5.75 Å². The van der Waals surface area contributed by atoms with E-state index in [0.717, 1.165) is 23.4 Å². The fraction of sp³-hybridized carbons (Fsp3) is 0.391. The molecule has 0 spiro atoms. The summed E-state index contributed by atoms with van der Waals surface area (Å²) in [6.07, 6.45) is 0. The predicted octanol–water partition coefficient (Wildman–Crippen LogP) is 2.75. The third-order valence-electron chi connectivity index (χ3n) is 5.55. The molecule has 8 nitrogen and oxygen atoms in total. The molecule has 0 N–H and O–H groups in total. The van der Waals surface area contributed by atoms with Crippen LogP contribution in [0.15, 0.2) is 47.4 Å². The molecule has 1 aliphatic heterocycles. The van der Waals surface area contributed by atoms with Crippen molar-refractivity contribution in [1.82, 2.24) is 9.88 Å². The number of benzene rings is 2. The van der Waals surface area contributed by atoms with Crippen LogP contribution in [0, 0.1) is 6.92 Å². The summed E-state index contributed by atoms with van der Waals surface area (Å²) in [5.41, 5.74) is 1.66. The zero-order valence-electron chi connectivity index (χ0n) is 18.7. The largest absolute Gasteiger partial charge is 0.497 e. The first-order chi connectivity index (χ1) is 15.9. The highest BCUT2D eigenvalue weighted by Crippen LogP contribution is 2.31. The summed E-state index contributed by atoms with van der Waals surface area (Å²) in [6, 6.07) is 12.1. The molecule has 1 aromatic heterocycles. The van der Waals surface area contributed by atoms with E-state index >= 15 is 0 Å². The van der Waals surface area contributed by atoms with Crippen LogP contribution >= 0.6 is 11.3 Å². The summed E-state index contributed by atoms with van der Waals surface area (Å²) < 4.78 is 37.5. The molecule has 176 valence electrons. The number of rotatable bonds is 8. The number of amides is 1. The Morgan fingerprint density at radius 1 is 1.18 bits per heavy atom. The minimum Gasteiger partial charge on any atom is -0.497 e. The molecule has 1 aliphatic rings. The minimum atomic E-state index is -3.78. The first-order valence-corrected chi connectivity index (χ1v) is 13.2. The predicted molar refractivity (Wildman–Crippen MR) is 129 cm³/mol. The molecular formula is C23H27N3O5S2. The average Bonchev–Trinajstić information content (AvgIpc) is 3.22. The van der Waals surface area contributed by atoms with Crippen LogP contribution in [0.2, 0.25) is 0 Å². The van der Waals surface area contributed by atoms with Gasteiger partial charge in [-0.2, -0.15) is 0 Å². The number of anilines is 1. The smallest absolute Gasteiger partial charge is 0.244 e. The van der Waals surface area contributed by atoms with Gasteiger partial charge in [0.2, 0.25) is 5.91 Å². The van der Waals surface area contributed by atoms with Crippen LogP contribution in [0.3, 0.4) is 0 Å². The van der Waals surface area contributed by atoms with Crippen molar-refractivity contribution < 1.29 is 22.7 Å². The van der Waals surface area contributed by atoms with Gasteiger partial charge in [-0.3, -0.25) is 14.6 Å². The molecule has 0 aliphatic carbocycles. The Labute approximate surface area is 197 Å². The molecule has 0 radical (unpaired) electrons. The summed E-state index contributed by atoms with van der Waals surface area (Å²) in [6.45, 7) is 5.70. The van der Waals surface area contributed by atoms with E-state index < -0.39 is 21.5 Å². The van der Waals surface area contributed by atoms with Crippen LogP contribution in [-0.2, 0) is 19.4 Å². The van der Waals surface area contributed by atoms with Crippen LogP contribution in [0.4, 0.5) is 5.13 Å². The maximum atomic E-state index is 13.3. The second-order valence-corrected chi connectivity index (χ2v) is 10.9. The van der Waals surface area contributed by atoms with E-state index in [1.165, 1.54) is 16.2 Å². The Bertz CT molecular complexity index is 1220. The molecule has 4 rings (SSSR count). The van der Waals surface area contributed by atoms with Gasteiger partial charge in [-0.1, -0.05) is 29.0 Å². The van der Waals surface area contributed by atoms with Crippen LogP contribution < -0.4 is 9.64 Å². The van der Waals surface area contributed by atoms with E-state index in [1.54, 1.807) is 31.4 Å². The van der Waals surface area contributed by atoms with Crippen molar-refractivity contribution in [3.05, 3.63) is 48.0 Å². The van der Waals surface area contributed by atoms with E-state index in [-0.39, 0.29) is 4.90 Å². The number of aryl methyl sites for hydroxylation is 1. The SMILES string of the molecule is COc1ccc2sc(N(CCN3CCOCC3)C(=O)CS(=O)(=O)c3ccc(C)cc3)nc2c1.